The van der Waals surface area contributed by atoms with Crippen LogP contribution in [-0.2, 0) is 9.53 Å². The minimum Gasteiger partial charge on any atom is -0.469 e. The molecule has 0 spiro atoms. The summed E-state index contributed by atoms with van der Waals surface area (Å²) < 4.78 is 4.70. The van der Waals surface area contributed by atoms with Crippen LogP contribution in [0.5, 0.6) is 0 Å². The van der Waals surface area contributed by atoms with Crippen LogP contribution in [0.15, 0.2) is 0 Å². The Bertz CT molecular complexity index is 478. The average Bonchev–Trinajstić information content (AvgIpc) is 3.60. The number of nitrogens with zero attached hydrogens (tertiary/aromatic N) is 1. The maximum Gasteiger partial charge on any atom is 0.305 e. The van der Waals surface area contributed by atoms with Gasteiger partial charge in [-0.2, -0.15) is 0 Å². The maximum atomic E-state index is 11.1. The second-order valence-corrected chi connectivity index (χ2v) is 11.9. The van der Waals surface area contributed by atoms with E-state index in [0.717, 1.165) is 24.3 Å². The van der Waals surface area contributed by atoms with E-state index < -0.39 is 0 Å². The van der Waals surface area contributed by atoms with E-state index in [2.05, 4.69) is 25.9 Å². The quantitative estimate of drug-likeness (QED) is 0.0887. The first-order valence-electron chi connectivity index (χ1n) is 15.8. The lowest BCUT2D eigenvalue weighted by Crippen LogP contribution is -2.27. The topological polar surface area (TPSA) is 29.5 Å². The Kier molecular flexibility index (Phi) is 21.0. The first-order chi connectivity index (χ1) is 17.1. The SMILES string of the molecule is CCCCCCCCCC(CCCCCCCCC1CC1CCCCCCCC(=O)OC)N(C)C. The molecule has 0 heterocycles. The second-order valence-electron chi connectivity index (χ2n) is 11.9. The molecule has 3 atom stereocenters. The van der Waals surface area contributed by atoms with Gasteiger partial charge in [-0.1, -0.05) is 129 Å². The number of hydrogen-bond donors (Lipinski definition) is 0. The zero-order valence-electron chi connectivity index (χ0n) is 24.5. The predicted molar refractivity (Wildman–Crippen MR) is 153 cm³/mol. The van der Waals surface area contributed by atoms with E-state index in [1.54, 1.807) is 0 Å². The molecular weight excluding hydrogens is 430 g/mol. The van der Waals surface area contributed by atoms with Crippen LogP contribution in [0.1, 0.15) is 161 Å². The molecule has 1 saturated carbocycles. The van der Waals surface area contributed by atoms with Gasteiger partial charge in [0.25, 0.3) is 0 Å². The van der Waals surface area contributed by atoms with Crippen molar-refractivity contribution >= 4 is 5.97 Å². The van der Waals surface area contributed by atoms with Gasteiger partial charge in [0.2, 0.25) is 0 Å². The fourth-order valence-electron chi connectivity index (χ4n) is 5.82. The van der Waals surface area contributed by atoms with Crippen LogP contribution in [-0.4, -0.2) is 38.1 Å². The standard InChI is InChI=1S/C32H63NO2/c1-5-6-7-8-9-15-20-25-31(33(2)3)26-21-16-11-10-13-18-23-29-28-30(29)24-19-14-12-17-22-27-32(34)35-4/h29-31H,5-28H2,1-4H3. The zero-order valence-corrected chi connectivity index (χ0v) is 24.5. The molecule has 208 valence electrons. The van der Waals surface area contributed by atoms with E-state index in [1.165, 1.54) is 148 Å². The number of carbonyl (C=O) groups excluding carboxylic acids is 1. The summed E-state index contributed by atoms with van der Waals surface area (Å²) in [5.74, 6) is 2.05. The van der Waals surface area contributed by atoms with Gasteiger partial charge in [0.15, 0.2) is 0 Å². The Morgan fingerprint density at radius 2 is 1.11 bits per heavy atom. The third-order valence-corrected chi connectivity index (χ3v) is 8.49. The van der Waals surface area contributed by atoms with Gasteiger partial charge in [0.05, 0.1) is 7.11 Å². The summed E-state index contributed by atoms with van der Waals surface area (Å²) in [6, 6.07) is 0.803. The molecule has 3 unspecified atom stereocenters. The van der Waals surface area contributed by atoms with Gasteiger partial charge < -0.3 is 9.64 Å². The molecule has 35 heavy (non-hydrogen) atoms. The molecule has 0 bridgehead atoms. The minimum atomic E-state index is -0.0575. The summed E-state index contributed by atoms with van der Waals surface area (Å²) >= 11 is 0. The molecule has 0 aromatic rings. The van der Waals surface area contributed by atoms with Gasteiger partial charge in [-0.15, -0.1) is 0 Å². The molecular formula is C32H63NO2. The van der Waals surface area contributed by atoms with Crippen LogP contribution >= 0.6 is 0 Å². The molecule has 0 aromatic carbocycles. The van der Waals surface area contributed by atoms with Crippen molar-refractivity contribution in [3.8, 4) is 0 Å². The van der Waals surface area contributed by atoms with Crippen molar-refractivity contribution in [1.29, 1.82) is 0 Å². The summed E-state index contributed by atoms with van der Waals surface area (Å²) in [5, 5.41) is 0. The molecule has 1 fully saturated rings. The highest BCUT2D eigenvalue weighted by Gasteiger charge is 2.34. The molecule has 0 aliphatic heterocycles. The van der Waals surface area contributed by atoms with Gasteiger partial charge in [-0.05, 0) is 51.6 Å². The summed E-state index contributed by atoms with van der Waals surface area (Å²) in [6.45, 7) is 2.30. The predicted octanol–water partition coefficient (Wildman–Crippen LogP) is 9.72. The fraction of sp³-hybridized carbons (Fsp3) is 0.969. The molecule has 1 aliphatic carbocycles. The Morgan fingerprint density at radius 3 is 1.57 bits per heavy atom. The van der Waals surface area contributed by atoms with Crippen molar-refractivity contribution in [2.45, 2.75) is 167 Å². The van der Waals surface area contributed by atoms with Crippen LogP contribution in [0.4, 0.5) is 0 Å². The number of ether oxygens (including phenoxy) is 1. The molecule has 0 radical (unpaired) electrons. The number of methoxy groups -OCH3 is 1. The highest BCUT2D eigenvalue weighted by atomic mass is 16.5. The summed E-state index contributed by atoms with van der Waals surface area (Å²) in [4.78, 5) is 13.6. The van der Waals surface area contributed by atoms with Crippen LogP contribution in [0.2, 0.25) is 0 Å². The van der Waals surface area contributed by atoms with E-state index >= 15 is 0 Å². The minimum absolute atomic E-state index is 0.0575. The summed E-state index contributed by atoms with van der Waals surface area (Å²) in [7, 11) is 6.05. The van der Waals surface area contributed by atoms with Gasteiger partial charge in [-0.3, -0.25) is 4.79 Å². The van der Waals surface area contributed by atoms with Gasteiger partial charge in [0, 0.05) is 12.5 Å². The van der Waals surface area contributed by atoms with Crippen molar-refractivity contribution in [3.63, 3.8) is 0 Å². The van der Waals surface area contributed by atoms with Crippen molar-refractivity contribution in [1.82, 2.24) is 4.90 Å². The van der Waals surface area contributed by atoms with E-state index in [-0.39, 0.29) is 5.97 Å². The van der Waals surface area contributed by atoms with Gasteiger partial charge >= 0.3 is 5.97 Å². The summed E-state index contributed by atoms with van der Waals surface area (Å²) in [6.07, 6.45) is 32.7. The molecule has 0 amide bonds. The monoisotopic (exact) mass is 493 g/mol. The normalized spacial score (nSPS) is 18.2. The van der Waals surface area contributed by atoms with Crippen molar-refractivity contribution in [3.05, 3.63) is 0 Å². The Balaban J connectivity index is 1.85. The first-order valence-corrected chi connectivity index (χ1v) is 15.8. The molecule has 1 rings (SSSR count). The number of rotatable bonds is 26. The molecule has 0 saturated heterocycles. The first kappa shape index (κ1) is 32.5. The lowest BCUT2D eigenvalue weighted by Gasteiger charge is -2.24. The van der Waals surface area contributed by atoms with E-state index in [9.17, 15) is 4.79 Å². The van der Waals surface area contributed by atoms with E-state index in [0.29, 0.717) is 6.42 Å². The Morgan fingerprint density at radius 1 is 0.686 bits per heavy atom. The number of carbonyl (C=O) groups is 1. The lowest BCUT2D eigenvalue weighted by atomic mass is 9.99. The van der Waals surface area contributed by atoms with Crippen LogP contribution in [0.3, 0.4) is 0 Å². The molecule has 0 aromatic heterocycles. The summed E-state index contributed by atoms with van der Waals surface area (Å²) in [5.41, 5.74) is 0. The van der Waals surface area contributed by atoms with E-state index in [4.69, 9.17) is 4.74 Å². The van der Waals surface area contributed by atoms with Crippen LogP contribution in [0.25, 0.3) is 0 Å². The maximum absolute atomic E-state index is 11.1. The third-order valence-electron chi connectivity index (χ3n) is 8.49. The van der Waals surface area contributed by atoms with Crippen LogP contribution in [0, 0.1) is 11.8 Å². The molecule has 3 heteroatoms. The number of esters is 1. The second kappa shape index (κ2) is 22.6. The van der Waals surface area contributed by atoms with Crippen molar-refractivity contribution in [2.24, 2.45) is 11.8 Å². The third kappa shape index (κ3) is 19.2. The van der Waals surface area contributed by atoms with Crippen molar-refractivity contribution < 1.29 is 9.53 Å². The largest absolute Gasteiger partial charge is 0.469 e. The van der Waals surface area contributed by atoms with Gasteiger partial charge in [-0.25, -0.2) is 0 Å². The molecule has 3 nitrogen and oxygen atoms in total. The van der Waals surface area contributed by atoms with Gasteiger partial charge in [0.1, 0.15) is 0 Å². The smallest absolute Gasteiger partial charge is 0.305 e. The fourth-order valence-corrected chi connectivity index (χ4v) is 5.82. The average molecular weight is 494 g/mol. The highest BCUT2D eigenvalue weighted by molar-refractivity contribution is 5.68. The highest BCUT2D eigenvalue weighted by Crippen LogP contribution is 2.45. The van der Waals surface area contributed by atoms with Crippen molar-refractivity contribution in [2.75, 3.05) is 21.2 Å². The number of hydrogen-bond acceptors (Lipinski definition) is 3. The zero-order chi connectivity index (χ0) is 25.6. The Labute approximate surface area is 220 Å². The van der Waals surface area contributed by atoms with E-state index in [1.807, 2.05) is 0 Å². The lowest BCUT2D eigenvalue weighted by molar-refractivity contribution is -0.140. The number of unbranched alkanes of at least 4 members (excludes halogenated alkanes) is 15. The molecule has 0 N–H and O–H groups in total. The Hall–Kier alpha value is -0.570. The molecule has 1 aliphatic rings. The van der Waals surface area contributed by atoms with Crippen LogP contribution < -0.4 is 0 Å².